The standard InChI is InChI=1S/C16H18N2O2S/c1-11-15(16(20)18-8-7-13(19)10-18)21-14(17-11)9-12-5-3-2-4-6-12/h2-6,13,19H,7-10H2,1H3/t13-/m0/s1. The average Bonchev–Trinajstić information content (AvgIpc) is 3.06. The molecule has 1 N–H and O–H groups in total. The Hall–Kier alpha value is -1.72. The quantitative estimate of drug-likeness (QED) is 0.946. The molecule has 1 atom stereocenters. The van der Waals surface area contributed by atoms with Crippen LogP contribution in [0.4, 0.5) is 0 Å². The Balaban J connectivity index is 1.76. The van der Waals surface area contributed by atoms with Crippen molar-refractivity contribution in [1.82, 2.24) is 9.88 Å². The van der Waals surface area contributed by atoms with Gasteiger partial charge in [-0.15, -0.1) is 11.3 Å². The largest absolute Gasteiger partial charge is 0.391 e. The van der Waals surface area contributed by atoms with E-state index in [-0.39, 0.29) is 12.0 Å². The Morgan fingerprint density at radius 2 is 2.19 bits per heavy atom. The molecule has 0 unspecified atom stereocenters. The first-order valence-electron chi connectivity index (χ1n) is 7.11. The van der Waals surface area contributed by atoms with Crippen molar-refractivity contribution < 1.29 is 9.90 Å². The molecule has 2 aromatic rings. The molecule has 2 heterocycles. The van der Waals surface area contributed by atoms with Gasteiger partial charge in [-0.05, 0) is 18.9 Å². The minimum atomic E-state index is -0.383. The summed E-state index contributed by atoms with van der Waals surface area (Å²) >= 11 is 1.47. The van der Waals surface area contributed by atoms with Crippen LogP contribution in [0.15, 0.2) is 30.3 Å². The molecular formula is C16H18N2O2S. The van der Waals surface area contributed by atoms with E-state index in [0.29, 0.717) is 24.4 Å². The summed E-state index contributed by atoms with van der Waals surface area (Å²) in [5, 5.41) is 10.5. The van der Waals surface area contributed by atoms with Crippen LogP contribution in [0.1, 0.15) is 32.4 Å². The van der Waals surface area contributed by atoms with Crippen molar-refractivity contribution in [3.63, 3.8) is 0 Å². The average molecular weight is 302 g/mol. The number of hydrogen-bond donors (Lipinski definition) is 1. The molecule has 1 aliphatic rings. The van der Waals surface area contributed by atoms with Crippen LogP contribution in [0, 0.1) is 6.92 Å². The molecule has 1 aromatic carbocycles. The van der Waals surface area contributed by atoms with Gasteiger partial charge in [0.25, 0.3) is 5.91 Å². The molecular weight excluding hydrogens is 284 g/mol. The van der Waals surface area contributed by atoms with Crippen LogP contribution >= 0.6 is 11.3 Å². The van der Waals surface area contributed by atoms with E-state index in [9.17, 15) is 9.90 Å². The second kappa shape index (κ2) is 5.95. The van der Waals surface area contributed by atoms with Gasteiger partial charge in [0.15, 0.2) is 0 Å². The fourth-order valence-electron chi connectivity index (χ4n) is 2.57. The summed E-state index contributed by atoms with van der Waals surface area (Å²) in [7, 11) is 0. The maximum absolute atomic E-state index is 12.5. The normalized spacial score (nSPS) is 18.2. The molecule has 0 bridgehead atoms. The van der Waals surface area contributed by atoms with Crippen molar-refractivity contribution in [3.05, 3.63) is 51.5 Å². The van der Waals surface area contributed by atoms with Gasteiger partial charge in [0.2, 0.25) is 0 Å². The van der Waals surface area contributed by atoms with Crippen molar-refractivity contribution in [2.75, 3.05) is 13.1 Å². The summed E-state index contributed by atoms with van der Waals surface area (Å²) in [6.07, 6.45) is 1.04. The Labute approximate surface area is 128 Å². The van der Waals surface area contributed by atoms with Crippen molar-refractivity contribution in [1.29, 1.82) is 0 Å². The highest BCUT2D eigenvalue weighted by Gasteiger charge is 2.28. The predicted octanol–water partition coefficient (Wildman–Crippen LogP) is 2.25. The van der Waals surface area contributed by atoms with Crippen molar-refractivity contribution in [2.45, 2.75) is 25.9 Å². The van der Waals surface area contributed by atoms with Gasteiger partial charge in [-0.3, -0.25) is 4.79 Å². The van der Waals surface area contributed by atoms with E-state index in [1.807, 2.05) is 25.1 Å². The number of carbonyl (C=O) groups excluding carboxylic acids is 1. The summed E-state index contributed by atoms with van der Waals surface area (Å²) in [5.41, 5.74) is 1.99. The van der Waals surface area contributed by atoms with Gasteiger partial charge in [-0.25, -0.2) is 4.98 Å². The van der Waals surface area contributed by atoms with Crippen molar-refractivity contribution >= 4 is 17.2 Å². The van der Waals surface area contributed by atoms with Crippen molar-refractivity contribution in [2.24, 2.45) is 0 Å². The van der Waals surface area contributed by atoms with E-state index < -0.39 is 0 Å². The molecule has 1 amide bonds. The number of thiazole rings is 1. The summed E-state index contributed by atoms with van der Waals surface area (Å²) in [4.78, 5) is 19.4. The second-order valence-corrected chi connectivity index (χ2v) is 6.46. The first-order valence-corrected chi connectivity index (χ1v) is 7.92. The Morgan fingerprint density at radius 3 is 2.86 bits per heavy atom. The zero-order valence-electron chi connectivity index (χ0n) is 12.0. The fraction of sp³-hybridized carbons (Fsp3) is 0.375. The first kappa shape index (κ1) is 14.2. The lowest BCUT2D eigenvalue weighted by Gasteiger charge is -2.14. The van der Waals surface area contributed by atoms with Crippen LogP contribution in [0.25, 0.3) is 0 Å². The SMILES string of the molecule is Cc1nc(Cc2ccccc2)sc1C(=O)N1CC[C@H](O)C1. The first-order chi connectivity index (χ1) is 10.1. The molecule has 1 aliphatic heterocycles. The van der Waals surface area contributed by atoms with Crippen LogP contribution in [-0.4, -0.2) is 40.1 Å². The molecule has 1 aromatic heterocycles. The summed E-state index contributed by atoms with van der Waals surface area (Å²) in [6.45, 7) is 2.94. The van der Waals surface area contributed by atoms with Gasteiger partial charge in [0.1, 0.15) is 4.88 Å². The number of nitrogens with zero attached hydrogens (tertiary/aromatic N) is 2. The third kappa shape index (κ3) is 3.14. The monoisotopic (exact) mass is 302 g/mol. The van der Waals surface area contributed by atoms with Crippen molar-refractivity contribution in [3.8, 4) is 0 Å². The zero-order valence-corrected chi connectivity index (χ0v) is 12.8. The number of aryl methyl sites for hydroxylation is 1. The second-order valence-electron chi connectivity index (χ2n) is 5.38. The third-order valence-corrected chi connectivity index (χ3v) is 4.83. The third-order valence-electron chi connectivity index (χ3n) is 3.68. The molecule has 0 aliphatic carbocycles. The van der Waals surface area contributed by atoms with Crippen LogP contribution < -0.4 is 0 Å². The maximum atomic E-state index is 12.5. The maximum Gasteiger partial charge on any atom is 0.265 e. The smallest absolute Gasteiger partial charge is 0.265 e. The van der Waals surface area contributed by atoms with Gasteiger partial charge in [-0.2, -0.15) is 0 Å². The number of likely N-dealkylation sites (tertiary alicyclic amines) is 1. The van der Waals surface area contributed by atoms with E-state index in [0.717, 1.165) is 17.1 Å². The molecule has 1 fully saturated rings. The van der Waals surface area contributed by atoms with Crippen LogP contribution in [0.5, 0.6) is 0 Å². The minimum absolute atomic E-state index is 0.000798. The van der Waals surface area contributed by atoms with Crippen LogP contribution in [-0.2, 0) is 6.42 Å². The predicted molar refractivity (Wildman–Crippen MR) is 82.6 cm³/mol. The lowest BCUT2D eigenvalue weighted by Crippen LogP contribution is -2.29. The van der Waals surface area contributed by atoms with Gasteiger partial charge in [0.05, 0.1) is 16.8 Å². The molecule has 1 saturated heterocycles. The molecule has 0 saturated carbocycles. The number of hydrogen-bond acceptors (Lipinski definition) is 4. The Kier molecular flexibility index (Phi) is 4.03. The number of benzene rings is 1. The van der Waals surface area contributed by atoms with Gasteiger partial charge >= 0.3 is 0 Å². The van der Waals surface area contributed by atoms with E-state index in [4.69, 9.17) is 0 Å². The summed E-state index contributed by atoms with van der Waals surface area (Å²) < 4.78 is 0. The highest BCUT2D eigenvalue weighted by atomic mass is 32.1. The molecule has 110 valence electrons. The molecule has 0 radical (unpaired) electrons. The number of aliphatic hydroxyl groups is 1. The molecule has 3 rings (SSSR count). The van der Waals surface area contributed by atoms with Gasteiger partial charge in [-0.1, -0.05) is 30.3 Å². The number of rotatable bonds is 3. The number of aliphatic hydroxyl groups excluding tert-OH is 1. The summed E-state index contributed by atoms with van der Waals surface area (Å²) in [6, 6.07) is 10.1. The van der Waals surface area contributed by atoms with Crippen LogP contribution in [0.2, 0.25) is 0 Å². The number of aromatic nitrogens is 1. The number of β-amino-alcohol motifs (C(OH)–C–C–N with tert-alkyl or cyclic N) is 1. The van der Waals surface area contributed by atoms with Gasteiger partial charge < -0.3 is 10.0 Å². The minimum Gasteiger partial charge on any atom is -0.391 e. The fourth-order valence-corrected chi connectivity index (χ4v) is 3.63. The number of amides is 1. The van der Waals surface area contributed by atoms with E-state index in [1.165, 1.54) is 16.9 Å². The lowest BCUT2D eigenvalue weighted by atomic mass is 10.2. The Bertz CT molecular complexity index is 639. The number of carbonyl (C=O) groups is 1. The highest BCUT2D eigenvalue weighted by molar-refractivity contribution is 7.13. The van der Waals surface area contributed by atoms with E-state index in [1.54, 1.807) is 4.90 Å². The zero-order chi connectivity index (χ0) is 14.8. The highest BCUT2D eigenvalue weighted by Crippen LogP contribution is 2.24. The van der Waals surface area contributed by atoms with Gasteiger partial charge in [0, 0.05) is 19.5 Å². The molecule has 4 nitrogen and oxygen atoms in total. The van der Waals surface area contributed by atoms with Crippen LogP contribution in [0.3, 0.4) is 0 Å². The molecule has 21 heavy (non-hydrogen) atoms. The molecule has 0 spiro atoms. The summed E-state index contributed by atoms with van der Waals surface area (Å²) in [5.74, 6) is 0.000798. The van der Waals surface area contributed by atoms with E-state index in [2.05, 4.69) is 17.1 Å². The Morgan fingerprint density at radius 1 is 1.43 bits per heavy atom. The topological polar surface area (TPSA) is 53.4 Å². The lowest BCUT2D eigenvalue weighted by molar-refractivity contribution is 0.0769. The van der Waals surface area contributed by atoms with E-state index >= 15 is 0 Å². The molecule has 5 heteroatoms.